The molecular formula is C20H28O. The summed E-state index contributed by atoms with van der Waals surface area (Å²) in [5.74, 6) is 0. The van der Waals surface area contributed by atoms with Crippen molar-refractivity contribution in [3.05, 3.63) is 58.7 Å². The molecule has 1 heteroatoms. The summed E-state index contributed by atoms with van der Waals surface area (Å²) in [4.78, 5) is 10.3. The van der Waals surface area contributed by atoms with Crippen molar-refractivity contribution in [2.45, 2.75) is 53.9 Å². The molecule has 0 saturated carbocycles. The van der Waals surface area contributed by atoms with Crippen LogP contribution in [-0.2, 0) is 4.79 Å². The largest absolute Gasteiger partial charge is 0.299 e. The number of hydrogen-bond acceptors (Lipinski definition) is 1. The fraction of sp³-hybridized carbons (Fsp3) is 0.450. The highest BCUT2D eigenvalue weighted by Crippen LogP contribution is 2.40. The Bertz CT molecular complexity index is 522. The van der Waals surface area contributed by atoms with Crippen molar-refractivity contribution < 1.29 is 4.79 Å². The van der Waals surface area contributed by atoms with E-state index in [9.17, 15) is 4.79 Å². The zero-order chi connectivity index (χ0) is 15.9. The van der Waals surface area contributed by atoms with Crippen molar-refractivity contribution in [3.63, 3.8) is 0 Å². The number of hydrogen-bond donors (Lipinski definition) is 0. The normalized spacial score (nSPS) is 20.6. The summed E-state index contributed by atoms with van der Waals surface area (Å²) in [6.07, 6.45) is 16.5. The highest BCUT2D eigenvalue weighted by Gasteiger charge is 2.26. The number of aldehydes is 1. The molecule has 0 aromatic carbocycles. The molecule has 21 heavy (non-hydrogen) atoms. The molecule has 114 valence electrons. The average Bonchev–Trinajstić information content (AvgIpc) is 2.41. The van der Waals surface area contributed by atoms with E-state index in [2.05, 4.69) is 45.9 Å². The molecule has 0 unspecified atom stereocenters. The van der Waals surface area contributed by atoms with Crippen LogP contribution < -0.4 is 0 Å². The van der Waals surface area contributed by atoms with E-state index < -0.39 is 0 Å². The van der Waals surface area contributed by atoms with Crippen LogP contribution in [0.25, 0.3) is 0 Å². The lowest BCUT2D eigenvalue weighted by Gasteiger charge is -2.32. The van der Waals surface area contributed by atoms with Gasteiger partial charge in [-0.2, -0.15) is 0 Å². The summed E-state index contributed by atoms with van der Waals surface area (Å²) < 4.78 is 0. The molecule has 0 spiro atoms. The smallest absolute Gasteiger partial charge is 0.142 e. The first kappa shape index (κ1) is 17.4. The summed E-state index contributed by atoms with van der Waals surface area (Å²) in [5, 5.41) is 0. The van der Waals surface area contributed by atoms with Gasteiger partial charge in [-0.25, -0.2) is 0 Å². The van der Waals surface area contributed by atoms with Gasteiger partial charge < -0.3 is 0 Å². The molecule has 0 saturated heterocycles. The van der Waals surface area contributed by atoms with Crippen LogP contribution in [0.3, 0.4) is 0 Å². The summed E-state index contributed by atoms with van der Waals surface area (Å²) >= 11 is 0. The molecule has 0 N–H and O–H groups in total. The fourth-order valence-electron chi connectivity index (χ4n) is 2.79. The van der Waals surface area contributed by atoms with Gasteiger partial charge in [0.15, 0.2) is 0 Å². The van der Waals surface area contributed by atoms with Crippen molar-refractivity contribution in [1.82, 2.24) is 0 Å². The Labute approximate surface area is 129 Å². The molecule has 1 nitrogen and oxygen atoms in total. The molecule has 0 atom stereocenters. The van der Waals surface area contributed by atoms with E-state index in [1.165, 1.54) is 42.1 Å². The van der Waals surface area contributed by atoms with Crippen molar-refractivity contribution >= 4 is 6.29 Å². The second-order valence-electron chi connectivity index (χ2n) is 6.58. The second kappa shape index (κ2) is 7.97. The van der Waals surface area contributed by atoms with Gasteiger partial charge in [0.1, 0.15) is 6.29 Å². The van der Waals surface area contributed by atoms with E-state index >= 15 is 0 Å². The van der Waals surface area contributed by atoms with Crippen molar-refractivity contribution in [2.24, 2.45) is 5.41 Å². The number of allylic oxidation sites excluding steroid dienone is 10. The summed E-state index contributed by atoms with van der Waals surface area (Å²) in [7, 11) is 0. The van der Waals surface area contributed by atoms with Gasteiger partial charge in [0.05, 0.1) is 0 Å². The van der Waals surface area contributed by atoms with E-state index in [0.29, 0.717) is 0 Å². The molecule has 1 aliphatic carbocycles. The third kappa shape index (κ3) is 5.71. The molecule has 0 heterocycles. The molecule has 0 amide bonds. The van der Waals surface area contributed by atoms with E-state index in [-0.39, 0.29) is 5.41 Å². The molecule has 0 aromatic rings. The highest BCUT2D eigenvalue weighted by atomic mass is 16.1. The van der Waals surface area contributed by atoms with Crippen molar-refractivity contribution in [2.75, 3.05) is 0 Å². The van der Waals surface area contributed by atoms with Gasteiger partial charge in [0.2, 0.25) is 0 Å². The summed E-state index contributed by atoms with van der Waals surface area (Å²) in [6, 6.07) is 0. The maximum absolute atomic E-state index is 10.3. The van der Waals surface area contributed by atoms with Gasteiger partial charge in [0.25, 0.3) is 0 Å². The Hall–Kier alpha value is -1.63. The monoisotopic (exact) mass is 284 g/mol. The lowest BCUT2D eigenvalue weighted by molar-refractivity contribution is -0.104. The van der Waals surface area contributed by atoms with Crippen LogP contribution in [0, 0.1) is 5.41 Å². The van der Waals surface area contributed by atoms with Crippen molar-refractivity contribution in [3.8, 4) is 0 Å². The second-order valence-corrected chi connectivity index (χ2v) is 6.58. The first-order chi connectivity index (χ1) is 9.86. The highest BCUT2D eigenvalue weighted by molar-refractivity contribution is 5.65. The SMILES string of the molecule is CC1=C(/C=C/C(C)=C/C=C(C)/C=C/C=O)C(C)(C)CCC1. The van der Waals surface area contributed by atoms with Gasteiger partial charge in [0, 0.05) is 0 Å². The lowest BCUT2D eigenvalue weighted by atomic mass is 9.72. The van der Waals surface area contributed by atoms with Gasteiger partial charge in [-0.15, -0.1) is 0 Å². The van der Waals surface area contributed by atoms with Crippen LogP contribution in [0.5, 0.6) is 0 Å². The number of carbonyl (C=O) groups excluding carboxylic acids is 1. The summed E-state index contributed by atoms with van der Waals surface area (Å²) in [6.45, 7) is 11.0. The van der Waals surface area contributed by atoms with Crippen molar-refractivity contribution in [1.29, 1.82) is 0 Å². The molecule has 0 aromatic heterocycles. The predicted octanol–water partition coefficient (Wildman–Crippen LogP) is 5.72. The Morgan fingerprint density at radius 3 is 2.29 bits per heavy atom. The number of rotatable bonds is 5. The first-order valence-electron chi connectivity index (χ1n) is 7.72. The van der Waals surface area contributed by atoms with Gasteiger partial charge in [-0.05, 0) is 57.1 Å². The molecule has 1 aliphatic rings. The minimum Gasteiger partial charge on any atom is -0.299 e. The van der Waals surface area contributed by atoms with Crippen LogP contribution in [0.15, 0.2) is 58.7 Å². The van der Waals surface area contributed by atoms with Crippen LogP contribution in [0.2, 0.25) is 0 Å². The molecular weight excluding hydrogens is 256 g/mol. The topological polar surface area (TPSA) is 17.1 Å². The molecule has 1 rings (SSSR count). The van der Waals surface area contributed by atoms with E-state index in [0.717, 1.165) is 11.9 Å². The third-order valence-corrected chi connectivity index (χ3v) is 4.10. The van der Waals surface area contributed by atoms with Gasteiger partial charge >= 0.3 is 0 Å². The maximum atomic E-state index is 10.3. The van der Waals surface area contributed by atoms with E-state index in [1.54, 1.807) is 0 Å². The Morgan fingerprint density at radius 2 is 1.71 bits per heavy atom. The standard InChI is InChI=1S/C20H28O/c1-16(8-7-15-21)10-11-17(2)12-13-19-18(3)9-6-14-20(19,4)5/h7-8,10-13,15H,6,9,14H2,1-5H3/b8-7+,13-12+,16-10+,17-11+. The predicted molar refractivity (Wildman–Crippen MR) is 92.2 cm³/mol. The number of carbonyl (C=O) groups is 1. The lowest BCUT2D eigenvalue weighted by Crippen LogP contribution is -2.19. The maximum Gasteiger partial charge on any atom is 0.142 e. The molecule has 0 radical (unpaired) electrons. The van der Waals surface area contributed by atoms with Gasteiger partial charge in [-0.3, -0.25) is 4.79 Å². The van der Waals surface area contributed by atoms with Crippen LogP contribution in [-0.4, -0.2) is 6.29 Å². The molecule has 0 aliphatic heterocycles. The minimum absolute atomic E-state index is 0.289. The van der Waals surface area contributed by atoms with Crippen LogP contribution >= 0.6 is 0 Å². The van der Waals surface area contributed by atoms with E-state index in [1.807, 2.05) is 19.1 Å². The fourth-order valence-corrected chi connectivity index (χ4v) is 2.79. The zero-order valence-electron chi connectivity index (χ0n) is 14.1. The Balaban J connectivity index is 2.84. The summed E-state index contributed by atoms with van der Waals surface area (Å²) in [5.41, 5.74) is 5.59. The van der Waals surface area contributed by atoms with Gasteiger partial charge in [-0.1, -0.05) is 60.9 Å². The molecule has 0 bridgehead atoms. The Morgan fingerprint density at radius 1 is 1.10 bits per heavy atom. The van der Waals surface area contributed by atoms with Crippen LogP contribution in [0.1, 0.15) is 53.9 Å². The van der Waals surface area contributed by atoms with E-state index in [4.69, 9.17) is 0 Å². The Kier molecular flexibility index (Phi) is 6.61. The first-order valence-corrected chi connectivity index (χ1v) is 7.72. The quantitative estimate of drug-likeness (QED) is 0.358. The third-order valence-electron chi connectivity index (χ3n) is 4.10. The molecule has 0 fully saturated rings. The van der Waals surface area contributed by atoms with Crippen LogP contribution in [0.4, 0.5) is 0 Å². The average molecular weight is 284 g/mol. The zero-order valence-corrected chi connectivity index (χ0v) is 14.1. The minimum atomic E-state index is 0.289.